The van der Waals surface area contributed by atoms with Gasteiger partial charge in [-0.1, -0.05) is 25.1 Å². The van der Waals surface area contributed by atoms with Crippen LogP contribution in [0.15, 0.2) is 24.3 Å². The van der Waals surface area contributed by atoms with Gasteiger partial charge in [-0.2, -0.15) is 0 Å². The van der Waals surface area contributed by atoms with Crippen LogP contribution in [0, 0.1) is 0 Å². The summed E-state index contributed by atoms with van der Waals surface area (Å²) in [5, 5.41) is 9.74. The van der Waals surface area contributed by atoms with Crippen molar-refractivity contribution in [3.63, 3.8) is 0 Å². The number of hydrogen-bond donors (Lipinski definition) is 1. The van der Waals surface area contributed by atoms with Gasteiger partial charge in [0.05, 0.1) is 18.1 Å². The molecule has 0 saturated heterocycles. The van der Waals surface area contributed by atoms with E-state index in [1.54, 1.807) is 4.90 Å². The third-order valence-electron chi connectivity index (χ3n) is 3.51. The molecule has 1 aromatic carbocycles. The summed E-state index contributed by atoms with van der Waals surface area (Å²) in [6, 6.07) is 7.82. The topological polar surface area (TPSA) is 40.5 Å². The van der Waals surface area contributed by atoms with E-state index in [9.17, 15) is 9.90 Å². The maximum atomic E-state index is 12.4. The predicted octanol–water partition coefficient (Wildman–Crippen LogP) is 2.08. The molecule has 3 nitrogen and oxygen atoms in total. The van der Waals surface area contributed by atoms with E-state index < -0.39 is 11.5 Å². The molecule has 0 saturated carbocycles. The van der Waals surface area contributed by atoms with Gasteiger partial charge in [-0.15, -0.1) is 0 Å². The molecule has 1 unspecified atom stereocenters. The first-order valence-corrected chi connectivity index (χ1v) is 6.08. The molecule has 0 aliphatic carbocycles. The highest BCUT2D eigenvalue weighted by molar-refractivity contribution is 6.07. The minimum Gasteiger partial charge on any atom is -0.391 e. The molecule has 1 N–H and O–H groups in total. The lowest BCUT2D eigenvalue weighted by atomic mass is 9.86. The Kier molecular flexibility index (Phi) is 2.96. The van der Waals surface area contributed by atoms with Gasteiger partial charge in [0.15, 0.2) is 0 Å². The zero-order valence-corrected chi connectivity index (χ0v) is 10.6. The van der Waals surface area contributed by atoms with Gasteiger partial charge in [0, 0.05) is 5.69 Å². The van der Waals surface area contributed by atoms with Crippen LogP contribution in [0.5, 0.6) is 0 Å². The Balaban J connectivity index is 2.39. The highest BCUT2D eigenvalue weighted by Gasteiger charge is 2.43. The van der Waals surface area contributed by atoms with Crippen LogP contribution in [-0.4, -0.2) is 23.7 Å². The van der Waals surface area contributed by atoms with Crippen LogP contribution in [-0.2, 0) is 10.2 Å². The molecule has 1 atom stereocenters. The number of β-amino-alcohol motifs (C(OH)–C–C–N with tert-alkyl or cyclic N) is 1. The Morgan fingerprint density at radius 3 is 2.65 bits per heavy atom. The Hall–Kier alpha value is -1.35. The lowest BCUT2D eigenvalue weighted by Crippen LogP contribution is -2.40. The molecule has 1 aromatic rings. The third-order valence-corrected chi connectivity index (χ3v) is 3.51. The fourth-order valence-corrected chi connectivity index (χ4v) is 2.32. The maximum Gasteiger partial charge on any atom is 0.237 e. The van der Waals surface area contributed by atoms with Crippen LogP contribution in [0.1, 0.15) is 32.8 Å². The number of anilines is 1. The van der Waals surface area contributed by atoms with Crippen LogP contribution in [0.3, 0.4) is 0 Å². The SMILES string of the molecule is CCC(O)CN1C(=O)C(C)(C)c2ccccc21. The predicted molar refractivity (Wildman–Crippen MR) is 68.1 cm³/mol. The number of rotatable bonds is 3. The number of aliphatic hydroxyl groups is 1. The van der Waals surface area contributed by atoms with E-state index in [1.807, 2.05) is 45.0 Å². The number of para-hydroxylation sites is 1. The number of carbonyl (C=O) groups is 1. The number of carbonyl (C=O) groups excluding carboxylic acids is 1. The molecule has 1 heterocycles. The van der Waals surface area contributed by atoms with Crippen molar-refractivity contribution < 1.29 is 9.90 Å². The van der Waals surface area contributed by atoms with Gasteiger partial charge in [-0.05, 0) is 31.9 Å². The first-order valence-electron chi connectivity index (χ1n) is 6.08. The van der Waals surface area contributed by atoms with E-state index >= 15 is 0 Å². The quantitative estimate of drug-likeness (QED) is 0.868. The monoisotopic (exact) mass is 233 g/mol. The van der Waals surface area contributed by atoms with Gasteiger partial charge in [0.1, 0.15) is 0 Å². The van der Waals surface area contributed by atoms with Gasteiger partial charge in [0.25, 0.3) is 0 Å². The van der Waals surface area contributed by atoms with Gasteiger partial charge in [0.2, 0.25) is 5.91 Å². The summed E-state index contributed by atoms with van der Waals surface area (Å²) in [5.41, 5.74) is 1.51. The summed E-state index contributed by atoms with van der Waals surface area (Å²) in [7, 11) is 0. The molecular weight excluding hydrogens is 214 g/mol. The molecule has 0 spiro atoms. The first-order chi connectivity index (χ1) is 7.98. The number of fused-ring (bicyclic) bond motifs is 1. The second-order valence-electron chi connectivity index (χ2n) is 5.12. The highest BCUT2D eigenvalue weighted by atomic mass is 16.3. The molecule has 0 aromatic heterocycles. The summed E-state index contributed by atoms with van der Waals surface area (Å²) >= 11 is 0. The average molecular weight is 233 g/mol. The standard InChI is InChI=1S/C14H19NO2/c1-4-10(16)9-15-12-8-6-5-7-11(12)14(2,3)13(15)17/h5-8,10,16H,4,9H2,1-3H3. The summed E-state index contributed by atoms with van der Waals surface area (Å²) in [6.45, 7) is 6.18. The van der Waals surface area contributed by atoms with Crippen LogP contribution in [0.4, 0.5) is 5.69 Å². The molecule has 17 heavy (non-hydrogen) atoms. The van der Waals surface area contributed by atoms with Crippen molar-refractivity contribution in [1.82, 2.24) is 0 Å². The van der Waals surface area contributed by atoms with Crippen LogP contribution in [0.2, 0.25) is 0 Å². The molecule has 0 radical (unpaired) electrons. The van der Waals surface area contributed by atoms with E-state index in [4.69, 9.17) is 0 Å². The van der Waals surface area contributed by atoms with E-state index in [0.29, 0.717) is 13.0 Å². The summed E-state index contributed by atoms with van der Waals surface area (Å²) in [4.78, 5) is 14.1. The highest BCUT2D eigenvalue weighted by Crippen LogP contribution is 2.41. The lowest BCUT2D eigenvalue weighted by molar-refractivity contribution is -0.122. The second kappa shape index (κ2) is 4.15. The van der Waals surface area contributed by atoms with Crippen molar-refractivity contribution in [2.45, 2.75) is 38.7 Å². The smallest absolute Gasteiger partial charge is 0.237 e. The van der Waals surface area contributed by atoms with Crippen molar-refractivity contribution in [2.75, 3.05) is 11.4 Å². The molecule has 0 fully saturated rings. The van der Waals surface area contributed by atoms with Crippen LogP contribution >= 0.6 is 0 Å². The van der Waals surface area contributed by atoms with Crippen molar-refractivity contribution in [1.29, 1.82) is 0 Å². The van der Waals surface area contributed by atoms with Gasteiger partial charge >= 0.3 is 0 Å². The Morgan fingerprint density at radius 2 is 2.00 bits per heavy atom. The van der Waals surface area contributed by atoms with E-state index in [2.05, 4.69) is 0 Å². The van der Waals surface area contributed by atoms with E-state index in [1.165, 1.54) is 0 Å². The molecule has 3 heteroatoms. The molecule has 1 aliphatic rings. The maximum absolute atomic E-state index is 12.4. The minimum atomic E-state index is -0.482. The molecule has 0 bridgehead atoms. The molecule has 1 aliphatic heterocycles. The molecule has 92 valence electrons. The second-order valence-corrected chi connectivity index (χ2v) is 5.12. The Bertz CT molecular complexity index is 440. The van der Waals surface area contributed by atoms with Crippen LogP contribution in [0.25, 0.3) is 0 Å². The number of nitrogens with zero attached hydrogens (tertiary/aromatic N) is 1. The molecular formula is C14H19NO2. The van der Waals surface area contributed by atoms with E-state index in [-0.39, 0.29) is 5.91 Å². The normalized spacial score (nSPS) is 19.3. The lowest BCUT2D eigenvalue weighted by Gasteiger charge is -2.22. The molecule has 1 amide bonds. The summed E-state index contributed by atoms with van der Waals surface area (Å²) < 4.78 is 0. The minimum absolute atomic E-state index is 0.0752. The zero-order chi connectivity index (χ0) is 12.6. The molecule has 2 rings (SSSR count). The average Bonchev–Trinajstić information content (AvgIpc) is 2.51. The van der Waals surface area contributed by atoms with Gasteiger partial charge in [-0.3, -0.25) is 4.79 Å². The largest absolute Gasteiger partial charge is 0.391 e. The number of amides is 1. The number of benzene rings is 1. The van der Waals surface area contributed by atoms with Crippen molar-refractivity contribution >= 4 is 11.6 Å². The van der Waals surface area contributed by atoms with Crippen molar-refractivity contribution in [3.05, 3.63) is 29.8 Å². The first kappa shape index (κ1) is 12.1. The van der Waals surface area contributed by atoms with Crippen LogP contribution < -0.4 is 4.90 Å². The van der Waals surface area contributed by atoms with E-state index in [0.717, 1.165) is 11.3 Å². The third kappa shape index (κ3) is 1.84. The fourth-order valence-electron chi connectivity index (χ4n) is 2.32. The number of aliphatic hydroxyl groups excluding tert-OH is 1. The van der Waals surface area contributed by atoms with Gasteiger partial charge < -0.3 is 10.0 Å². The number of hydrogen-bond acceptors (Lipinski definition) is 2. The fraction of sp³-hybridized carbons (Fsp3) is 0.500. The summed E-state index contributed by atoms with van der Waals surface area (Å²) in [5.74, 6) is 0.0752. The van der Waals surface area contributed by atoms with Crippen molar-refractivity contribution in [2.24, 2.45) is 0 Å². The Morgan fingerprint density at radius 1 is 1.35 bits per heavy atom. The van der Waals surface area contributed by atoms with Gasteiger partial charge in [-0.25, -0.2) is 0 Å². The summed E-state index contributed by atoms with van der Waals surface area (Å²) in [6.07, 6.45) is 0.202. The van der Waals surface area contributed by atoms with Crippen molar-refractivity contribution in [3.8, 4) is 0 Å². The zero-order valence-electron chi connectivity index (χ0n) is 10.6. The Labute approximate surface area is 102 Å².